The van der Waals surface area contributed by atoms with Gasteiger partial charge in [-0.3, -0.25) is 0 Å². The summed E-state index contributed by atoms with van der Waals surface area (Å²) in [4.78, 5) is 0. The average molecular weight is 291 g/mol. The van der Waals surface area contributed by atoms with Gasteiger partial charge in [-0.2, -0.15) is 5.26 Å². The molecule has 5 heteroatoms. The number of hydrogen-bond donors (Lipinski definition) is 1. The second kappa shape index (κ2) is 6.27. The predicted molar refractivity (Wildman–Crippen MR) is 76.4 cm³/mol. The van der Waals surface area contributed by atoms with Crippen molar-refractivity contribution in [1.29, 1.82) is 5.26 Å². The second-order valence-corrected chi connectivity index (χ2v) is 4.50. The molecule has 1 N–H and O–H groups in total. The highest BCUT2D eigenvalue weighted by Crippen LogP contribution is 2.27. The lowest BCUT2D eigenvalue weighted by molar-refractivity contribution is 0.410. The molecule has 0 saturated carbocycles. The maximum absolute atomic E-state index is 13.7. The van der Waals surface area contributed by atoms with Crippen molar-refractivity contribution in [2.24, 2.45) is 0 Å². The Morgan fingerprint density at radius 1 is 1.35 bits per heavy atom. The first kappa shape index (κ1) is 14.2. The normalized spacial score (nSPS) is 9.90. The van der Waals surface area contributed by atoms with Gasteiger partial charge in [-0.05, 0) is 30.3 Å². The maximum Gasteiger partial charge on any atom is 0.147 e. The minimum atomic E-state index is -0.423. The SMILES string of the molecule is COc1ccc(C#N)cc1CNc1c(F)cccc1Cl. The first-order valence-electron chi connectivity index (χ1n) is 5.90. The Morgan fingerprint density at radius 3 is 2.80 bits per heavy atom. The van der Waals surface area contributed by atoms with E-state index in [1.165, 1.54) is 6.07 Å². The number of ether oxygens (including phenoxy) is 1. The van der Waals surface area contributed by atoms with Crippen LogP contribution in [-0.4, -0.2) is 7.11 Å². The van der Waals surface area contributed by atoms with Crippen molar-refractivity contribution in [3.8, 4) is 11.8 Å². The summed E-state index contributed by atoms with van der Waals surface area (Å²) in [7, 11) is 1.54. The van der Waals surface area contributed by atoms with Crippen molar-refractivity contribution in [1.82, 2.24) is 0 Å². The Labute approximate surface area is 121 Å². The summed E-state index contributed by atoms with van der Waals surface area (Å²) in [6.07, 6.45) is 0. The van der Waals surface area contributed by atoms with Crippen molar-refractivity contribution < 1.29 is 9.13 Å². The van der Waals surface area contributed by atoms with Gasteiger partial charge >= 0.3 is 0 Å². The highest BCUT2D eigenvalue weighted by Gasteiger charge is 2.09. The lowest BCUT2D eigenvalue weighted by atomic mass is 10.1. The van der Waals surface area contributed by atoms with Gasteiger partial charge in [-0.15, -0.1) is 0 Å². The molecule has 0 aliphatic heterocycles. The zero-order chi connectivity index (χ0) is 14.5. The Hall–Kier alpha value is -2.25. The lowest BCUT2D eigenvalue weighted by Gasteiger charge is -2.12. The Bertz CT molecular complexity index is 647. The average Bonchev–Trinajstić information content (AvgIpc) is 2.46. The van der Waals surface area contributed by atoms with E-state index in [4.69, 9.17) is 21.6 Å². The summed E-state index contributed by atoms with van der Waals surface area (Å²) in [6, 6.07) is 11.6. The van der Waals surface area contributed by atoms with Gasteiger partial charge in [0.1, 0.15) is 11.6 Å². The molecular formula is C15H12ClFN2O. The summed E-state index contributed by atoms with van der Waals surface area (Å²) in [5.74, 6) is 0.205. The highest BCUT2D eigenvalue weighted by molar-refractivity contribution is 6.33. The van der Waals surface area contributed by atoms with Crippen LogP contribution in [0, 0.1) is 17.1 Å². The smallest absolute Gasteiger partial charge is 0.147 e. The number of para-hydroxylation sites is 1. The van der Waals surface area contributed by atoms with E-state index in [-0.39, 0.29) is 5.69 Å². The van der Waals surface area contributed by atoms with Crippen LogP contribution in [0.3, 0.4) is 0 Å². The molecule has 2 rings (SSSR count). The van der Waals surface area contributed by atoms with Crippen LogP contribution in [0.2, 0.25) is 5.02 Å². The summed E-state index contributed by atoms with van der Waals surface area (Å²) >= 11 is 5.94. The second-order valence-electron chi connectivity index (χ2n) is 4.09. The fourth-order valence-electron chi connectivity index (χ4n) is 1.84. The minimum Gasteiger partial charge on any atom is -0.496 e. The third-order valence-corrected chi connectivity index (χ3v) is 3.14. The molecule has 2 aromatic rings. The van der Waals surface area contributed by atoms with E-state index < -0.39 is 5.82 Å². The molecule has 0 unspecified atom stereocenters. The number of methoxy groups -OCH3 is 1. The first-order chi connectivity index (χ1) is 9.65. The molecule has 0 aliphatic carbocycles. The molecule has 3 nitrogen and oxygen atoms in total. The molecule has 0 spiro atoms. The van der Waals surface area contributed by atoms with Crippen molar-refractivity contribution in [3.63, 3.8) is 0 Å². The van der Waals surface area contributed by atoms with Crippen molar-refractivity contribution in [3.05, 3.63) is 58.4 Å². The number of halogens is 2. The topological polar surface area (TPSA) is 45.0 Å². The molecule has 2 aromatic carbocycles. The lowest BCUT2D eigenvalue weighted by Crippen LogP contribution is -2.04. The van der Waals surface area contributed by atoms with Gasteiger partial charge in [0.25, 0.3) is 0 Å². The van der Waals surface area contributed by atoms with Gasteiger partial charge in [-0.1, -0.05) is 17.7 Å². The van der Waals surface area contributed by atoms with Crippen LogP contribution in [-0.2, 0) is 6.54 Å². The number of benzene rings is 2. The third kappa shape index (κ3) is 3.01. The molecule has 102 valence electrons. The molecule has 0 aliphatic rings. The standard InChI is InChI=1S/C15H12ClFN2O/c1-20-14-6-5-10(8-18)7-11(14)9-19-15-12(16)3-2-4-13(15)17/h2-7,19H,9H2,1H3. The van der Waals surface area contributed by atoms with Crippen molar-refractivity contribution in [2.75, 3.05) is 12.4 Å². The molecule has 0 heterocycles. The largest absolute Gasteiger partial charge is 0.496 e. The quantitative estimate of drug-likeness (QED) is 0.926. The van der Waals surface area contributed by atoms with Crippen LogP contribution in [0.1, 0.15) is 11.1 Å². The van der Waals surface area contributed by atoms with Crippen LogP contribution in [0.5, 0.6) is 5.75 Å². The number of nitrogens with zero attached hydrogens (tertiary/aromatic N) is 1. The van der Waals surface area contributed by atoms with E-state index >= 15 is 0 Å². The molecule has 0 fully saturated rings. The molecule has 0 atom stereocenters. The summed E-state index contributed by atoms with van der Waals surface area (Å²) in [5, 5.41) is 12.1. The van der Waals surface area contributed by atoms with Crippen LogP contribution < -0.4 is 10.1 Å². The summed E-state index contributed by atoms with van der Waals surface area (Å²) in [5.41, 5.74) is 1.51. The Balaban J connectivity index is 2.25. The van der Waals surface area contributed by atoms with Crippen molar-refractivity contribution >= 4 is 17.3 Å². The molecule has 0 saturated heterocycles. The number of rotatable bonds is 4. The van der Waals surface area contributed by atoms with Gasteiger partial charge in [-0.25, -0.2) is 4.39 Å². The number of nitriles is 1. The van der Waals surface area contributed by atoms with Gasteiger partial charge < -0.3 is 10.1 Å². The van der Waals surface area contributed by atoms with Crippen LogP contribution in [0.4, 0.5) is 10.1 Å². The first-order valence-corrected chi connectivity index (χ1v) is 6.28. The van der Waals surface area contributed by atoms with Gasteiger partial charge in [0.15, 0.2) is 0 Å². The molecule has 20 heavy (non-hydrogen) atoms. The number of anilines is 1. The minimum absolute atomic E-state index is 0.235. The number of nitrogens with one attached hydrogen (secondary N) is 1. The molecule has 0 amide bonds. The monoisotopic (exact) mass is 290 g/mol. The van der Waals surface area contributed by atoms with E-state index in [0.29, 0.717) is 22.9 Å². The highest BCUT2D eigenvalue weighted by atomic mass is 35.5. The fraction of sp³-hybridized carbons (Fsp3) is 0.133. The zero-order valence-corrected chi connectivity index (χ0v) is 11.5. The zero-order valence-electron chi connectivity index (χ0n) is 10.8. The van der Waals surface area contributed by atoms with Gasteiger partial charge in [0.2, 0.25) is 0 Å². The Morgan fingerprint density at radius 2 is 2.15 bits per heavy atom. The Kier molecular flexibility index (Phi) is 4.44. The van der Waals surface area contributed by atoms with E-state index in [1.54, 1.807) is 37.4 Å². The summed E-state index contributed by atoms with van der Waals surface area (Å²) in [6.45, 7) is 0.305. The van der Waals surface area contributed by atoms with E-state index in [1.807, 2.05) is 0 Å². The number of hydrogen-bond acceptors (Lipinski definition) is 3. The van der Waals surface area contributed by atoms with Crippen LogP contribution in [0.25, 0.3) is 0 Å². The van der Waals surface area contributed by atoms with E-state index in [0.717, 1.165) is 5.56 Å². The maximum atomic E-state index is 13.7. The van der Waals surface area contributed by atoms with Crippen molar-refractivity contribution in [2.45, 2.75) is 6.54 Å². The summed E-state index contributed by atoms with van der Waals surface area (Å²) < 4.78 is 18.9. The molecule has 0 bridgehead atoms. The fourth-order valence-corrected chi connectivity index (χ4v) is 2.07. The van der Waals surface area contributed by atoms with Gasteiger partial charge in [0.05, 0.1) is 29.5 Å². The van der Waals surface area contributed by atoms with Gasteiger partial charge in [0, 0.05) is 12.1 Å². The molecule has 0 radical (unpaired) electrons. The van der Waals surface area contributed by atoms with E-state index in [2.05, 4.69) is 11.4 Å². The molecular weight excluding hydrogens is 279 g/mol. The third-order valence-electron chi connectivity index (χ3n) is 2.83. The van der Waals surface area contributed by atoms with E-state index in [9.17, 15) is 4.39 Å². The molecule has 0 aromatic heterocycles. The predicted octanol–water partition coefficient (Wildman–Crippen LogP) is 3.97. The van der Waals surface area contributed by atoms with Crippen LogP contribution >= 0.6 is 11.6 Å². The van der Waals surface area contributed by atoms with Crippen LogP contribution in [0.15, 0.2) is 36.4 Å².